The molecule has 4 nitrogen and oxygen atoms in total. The van der Waals surface area contributed by atoms with Crippen LogP contribution in [-0.2, 0) is 11.2 Å². The van der Waals surface area contributed by atoms with Crippen LogP contribution in [0.1, 0.15) is 16.7 Å². The van der Waals surface area contributed by atoms with Crippen molar-refractivity contribution >= 4 is 5.91 Å². The molecule has 1 amide bonds. The van der Waals surface area contributed by atoms with Gasteiger partial charge in [-0.25, -0.2) is 0 Å². The summed E-state index contributed by atoms with van der Waals surface area (Å²) in [4.78, 5) is 11.9. The zero-order chi connectivity index (χ0) is 17.4. The van der Waals surface area contributed by atoms with Crippen molar-refractivity contribution < 1.29 is 14.6 Å². The third-order valence-corrected chi connectivity index (χ3v) is 3.85. The van der Waals surface area contributed by atoms with Crippen LogP contribution in [0.5, 0.6) is 5.75 Å². The molecule has 0 aromatic heterocycles. The predicted octanol–water partition coefficient (Wildman–Crippen LogP) is 2.65. The van der Waals surface area contributed by atoms with E-state index in [-0.39, 0.29) is 25.0 Å². The number of carbonyl (C=O) groups excluding carboxylic acids is 1. The summed E-state index contributed by atoms with van der Waals surface area (Å²) < 4.78 is 5.47. The van der Waals surface area contributed by atoms with Gasteiger partial charge in [0.25, 0.3) is 5.91 Å². The van der Waals surface area contributed by atoms with E-state index in [4.69, 9.17) is 4.74 Å². The fourth-order valence-corrected chi connectivity index (χ4v) is 2.42. The molecule has 0 aliphatic rings. The van der Waals surface area contributed by atoms with Gasteiger partial charge in [0.1, 0.15) is 5.75 Å². The van der Waals surface area contributed by atoms with Crippen molar-refractivity contribution in [2.24, 2.45) is 5.92 Å². The topological polar surface area (TPSA) is 58.6 Å². The minimum absolute atomic E-state index is 0.00405. The largest absolute Gasteiger partial charge is 0.484 e. The van der Waals surface area contributed by atoms with Gasteiger partial charge in [0, 0.05) is 19.1 Å². The number of carbonyl (C=O) groups is 1. The Hall–Kier alpha value is -2.33. The van der Waals surface area contributed by atoms with Gasteiger partial charge in [0.05, 0.1) is 0 Å². The Morgan fingerprint density at radius 2 is 1.88 bits per heavy atom. The maximum atomic E-state index is 11.9. The second-order valence-corrected chi connectivity index (χ2v) is 6.15. The zero-order valence-corrected chi connectivity index (χ0v) is 14.3. The number of rotatable bonds is 8. The Balaban J connectivity index is 1.75. The van der Waals surface area contributed by atoms with Gasteiger partial charge >= 0.3 is 0 Å². The highest BCUT2D eigenvalue weighted by Gasteiger charge is 2.11. The molecule has 0 radical (unpaired) electrons. The number of aliphatic hydroxyl groups is 1. The van der Waals surface area contributed by atoms with Crippen molar-refractivity contribution in [2.75, 3.05) is 19.8 Å². The lowest BCUT2D eigenvalue weighted by Gasteiger charge is -2.15. The summed E-state index contributed by atoms with van der Waals surface area (Å²) in [5, 5.41) is 12.3. The Bertz CT molecular complexity index is 652. The van der Waals surface area contributed by atoms with Crippen molar-refractivity contribution in [2.45, 2.75) is 20.3 Å². The highest BCUT2D eigenvalue weighted by atomic mass is 16.5. The molecule has 1 atom stereocenters. The number of nitrogens with one attached hydrogen (secondary N) is 1. The molecule has 0 fully saturated rings. The molecular weight excluding hydrogens is 302 g/mol. The third-order valence-electron chi connectivity index (χ3n) is 3.85. The van der Waals surface area contributed by atoms with Crippen LogP contribution < -0.4 is 10.1 Å². The molecule has 2 aromatic carbocycles. The molecule has 0 unspecified atom stereocenters. The third kappa shape index (κ3) is 6.05. The zero-order valence-electron chi connectivity index (χ0n) is 14.3. The van der Waals surface area contributed by atoms with Crippen LogP contribution in [0, 0.1) is 19.8 Å². The first-order valence-electron chi connectivity index (χ1n) is 8.19. The number of benzene rings is 2. The van der Waals surface area contributed by atoms with Crippen LogP contribution in [0.2, 0.25) is 0 Å². The van der Waals surface area contributed by atoms with E-state index in [1.54, 1.807) is 0 Å². The first-order valence-corrected chi connectivity index (χ1v) is 8.19. The minimum atomic E-state index is -0.182. The molecule has 0 bridgehead atoms. The molecule has 0 aliphatic carbocycles. The van der Waals surface area contributed by atoms with Crippen LogP contribution in [-0.4, -0.2) is 30.8 Å². The van der Waals surface area contributed by atoms with Crippen LogP contribution >= 0.6 is 0 Å². The first kappa shape index (κ1) is 18.0. The Morgan fingerprint density at radius 3 is 2.54 bits per heavy atom. The van der Waals surface area contributed by atoms with Crippen molar-refractivity contribution in [3.8, 4) is 5.75 Å². The lowest BCUT2D eigenvalue weighted by molar-refractivity contribution is -0.123. The standard InChI is InChI=1S/C20H25NO3/c1-15-6-8-17(9-7-15)11-18(13-22)12-21-20(23)14-24-19-5-3-4-16(2)10-19/h3-10,18,22H,11-14H2,1-2H3,(H,21,23)/t18-/m0/s1. The number of hydrogen-bond donors (Lipinski definition) is 2. The SMILES string of the molecule is Cc1ccc(C[C@H](CO)CNC(=O)COc2cccc(C)c2)cc1. The van der Waals surface area contributed by atoms with Gasteiger partial charge in [-0.1, -0.05) is 42.0 Å². The summed E-state index contributed by atoms with van der Waals surface area (Å²) in [5.74, 6) is 0.498. The fourth-order valence-electron chi connectivity index (χ4n) is 2.42. The summed E-state index contributed by atoms with van der Waals surface area (Å²) in [5.41, 5.74) is 3.46. The van der Waals surface area contributed by atoms with Gasteiger partial charge < -0.3 is 15.2 Å². The van der Waals surface area contributed by atoms with Crippen LogP contribution in [0.15, 0.2) is 48.5 Å². The second kappa shape index (κ2) is 9.08. The Labute approximate surface area is 143 Å². The quantitative estimate of drug-likeness (QED) is 0.784. The molecule has 2 N–H and O–H groups in total. The highest BCUT2D eigenvalue weighted by molar-refractivity contribution is 5.77. The normalized spacial score (nSPS) is 11.8. The Kier molecular flexibility index (Phi) is 6.82. The summed E-state index contributed by atoms with van der Waals surface area (Å²) in [7, 11) is 0. The molecule has 0 spiro atoms. The summed E-state index contributed by atoms with van der Waals surface area (Å²) >= 11 is 0. The number of aliphatic hydroxyl groups excluding tert-OH is 1. The highest BCUT2D eigenvalue weighted by Crippen LogP contribution is 2.12. The average molecular weight is 327 g/mol. The molecule has 0 heterocycles. The van der Waals surface area contributed by atoms with Crippen molar-refractivity contribution in [3.63, 3.8) is 0 Å². The van der Waals surface area contributed by atoms with Crippen LogP contribution in [0.3, 0.4) is 0 Å². The lowest BCUT2D eigenvalue weighted by Crippen LogP contribution is -2.35. The summed E-state index contributed by atoms with van der Waals surface area (Å²) in [6.45, 7) is 4.46. The molecule has 128 valence electrons. The van der Waals surface area contributed by atoms with Crippen LogP contribution in [0.4, 0.5) is 0 Å². The van der Waals surface area contributed by atoms with E-state index in [0.717, 1.165) is 17.5 Å². The van der Waals surface area contributed by atoms with Crippen molar-refractivity contribution in [1.29, 1.82) is 0 Å². The molecule has 4 heteroatoms. The minimum Gasteiger partial charge on any atom is -0.484 e. The molecule has 0 saturated heterocycles. The van der Waals surface area contributed by atoms with Gasteiger partial charge in [-0.15, -0.1) is 0 Å². The van der Waals surface area contributed by atoms with Crippen molar-refractivity contribution in [3.05, 3.63) is 65.2 Å². The number of ether oxygens (including phenoxy) is 1. The van der Waals surface area contributed by atoms with Gasteiger partial charge in [-0.2, -0.15) is 0 Å². The van der Waals surface area contributed by atoms with Gasteiger partial charge in [0.15, 0.2) is 6.61 Å². The van der Waals surface area contributed by atoms with E-state index in [1.165, 1.54) is 5.56 Å². The molecular formula is C20H25NO3. The smallest absolute Gasteiger partial charge is 0.257 e. The monoisotopic (exact) mass is 327 g/mol. The summed E-state index contributed by atoms with van der Waals surface area (Å²) in [6.07, 6.45) is 0.732. The van der Waals surface area contributed by atoms with E-state index in [1.807, 2.05) is 38.1 Å². The lowest BCUT2D eigenvalue weighted by atomic mass is 9.99. The van der Waals surface area contributed by atoms with E-state index < -0.39 is 0 Å². The number of amides is 1. The predicted molar refractivity (Wildman–Crippen MR) is 95.1 cm³/mol. The molecule has 0 saturated carbocycles. The van der Waals surface area contributed by atoms with Gasteiger partial charge in [0.2, 0.25) is 0 Å². The second-order valence-electron chi connectivity index (χ2n) is 6.15. The molecule has 0 aliphatic heterocycles. The molecule has 24 heavy (non-hydrogen) atoms. The van der Waals surface area contributed by atoms with Crippen molar-refractivity contribution in [1.82, 2.24) is 5.32 Å². The average Bonchev–Trinajstić information content (AvgIpc) is 2.58. The van der Waals surface area contributed by atoms with Gasteiger partial charge in [-0.3, -0.25) is 4.79 Å². The van der Waals surface area contributed by atoms with E-state index in [9.17, 15) is 9.90 Å². The van der Waals surface area contributed by atoms with E-state index >= 15 is 0 Å². The number of aryl methyl sites for hydroxylation is 2. The molecule has 2 aromatic rings. The molecule has 2 rings (SSSR count). The van der Waals surface area contributed by atoms with E-state index in [2.05, 4.69) is 29.6 Å². The van der Waals surface area contributed by atoms with E-state index in [0.29, 0.717) is 12.3 Å². The van der Waals surface area contributed by atoms with Crippen LogP contribution in [0.25, 0.3) is 0 Å². The maximum Gasteiger partial charge on any atom is 0.257 e. The number of hydrogen-bond acceptors (Lipinski definition) is 3. The first-order chi connectivity index (χ1) is 11.6. The maximum absolute atomic E-state index is 11.9. The summed E-state index contributed by atoms with van der Waals surface area (Å²) in [6, 6.07) is 15.8. The van der Waals surface area contributed by atoms with Gasteiger partial charge in [-0.05, 0) is 43.5 Å². The fraction of sp³-hybridized carbons (Fsp3) is 0.350. The Morgan fingerprint density at radius 1 is 1.12 bits per heavy atom.